The van der Waals surface area contributed by atoms with Crippen LogP contribution in [-0.4, -0.2) is 54.6 Å². The normalized spacial score (nSPS) is 13.1. The largest absolute Gasteiger partial charge is 0.497 e. The molecule has 0 saturated heterocycles. The van der Waals surface area contributed by atoms with Gasteiger partial charge in [0.25, 0.3) is 5.56 Å². The summed E-state index contributed by atoms with van der Waals surface area (Å²) < 4.78 is 12.8. The molecule has 1 aromatic heterocycles. The summed E-state index contributed by atoms with van der Waals surface area (Å²) in [5.41, 5.74) is 1.66. The molecule has 0 amide bonds. The molecule has 1 aliphatic rings. The van der Waals surface area contributed by atoms with Gasteiger partial charge >= 0.3 is 0 Å². The van der Waals surface area contributed by atoms with E-state index in [-0.39, 0.29) is 5.56 Å². The third kappa shape index (κ3) is 4.16. The van der Waals surface area contributed by atoms with Crippen molar-refractivity contribution < 1.29 is 9.47 Å². The maximum atomic E-state index is 12.9. The molecule has 0 bridgehead atoms. The number of ether oxygens (including phenoxy) is 2. The first kappa shape index (κ1) is 17.8. The lowest BCUT2D eigenvalue weighted by Gasteiger charge is -2.15. The van der Waals surface area contributed by atoms with Gasteiger partial charge in [0.15, 0.2) is 5.16 Å². The smallest absolute Gasteiger partial charge is 0.261 e. The topological polar surface area (TPSA) is 56.6 Å². The van der Waals surface area contributed by atoms with Gasteiger partial charge in [-0.15, -0.1) is 0 Å². The standard InChI is InChI=1S/C18H23N3O3S/c1-20(2)8-10-24-16-15(12-13-4-6-14(23-3)7-5-13)17(22)21-9-11-25-18(21)19-16/h4-7H,8-12H2,1-3H3. The monoisotopic (exact) mass is 361 g/mol. The van der Waals surface area contributed by atoms with E-state index in [9.17, 15) is 4.79 Å². The predicted octanol–water partition coefficient (Wildman–Crippen LogP) is 1.89. The summed E-state index contributed by atoms with van der Waals surface area (Å²) in [5, 5.41) is 0.753. The second-order valence-corrected chi connectivity index (χ2v) is 7.22. The Labute approximate surface area is 151 Å². The lowest BCUT2D eigenvalue weighted by atomic mass is 10.1. The van der Waals surface area contributed by atoms with Gasteiger partial charge in [-0.1, -0.05) is 23.9 Å². The quantitative estimate of drug-likeness (QED) is 0.702. The molecule has 2 heterocycles. The van der Waals surface area contributed by atoms with E-state index < -0.39 is 0 Å². The number of hydrogen-bond acceptors (Lipinski definition) is 6. The summed E-state index contributed by atoms with van der Waals surface area (Å²) >= 11 is 1.60. The number of hydrogen-bond donors (Lipinski definition) is 0. The number of rotatable bonds is 7. The van der Waals surface area contributed by atoms with Crippen LogP contribution in [-0.2, 0) is 13.0 Å². The van der Waals surface area contributed by atoms with Gasteiger partial charge < -0.3 is 14.4 Å². The van der Waals surface area contributed by atoms with Gasteiger partial charge in [0.1, 0.15) is 12.4 Å². The first-order chi connectivity index (χ1) is 12.1. The predicted molar refractivity (Wildman–Crippen MR) is 99.1 cm³/mol. The van der Waals surface area contributed by atoms with Crippen LogP contribution in [0.2, 0.25) is 0 Å². The molecule has 0 aliphatic carbocycles. The van der Waals surface area contributed by atoms with Gasteiger partial charge in [0, 0.05) is 25.3 Å². The van der Waals surface area contributed by atoms with Crippen molar-refractivity contribution in [3.63, 3.8) is 0 Å². The van der Waals surface area contributed by atoms with E-state index in [1.807, 2.05) is 43.3 Å². The average Bonchev–Trinajstić information content (AvgIpc) is 3.07. The number of nitrogens with zero attached hydrogens (tertiary/aromatic N) is 3. The first-order valence-electron chi connectivity index (χ1n) is 8.25. The molecule has 0 atom stereocenters. The summed E-state index contributed by atoms with van der Waals surface area (Å²) in [6.07, 6.45) is 0.498. The molecule has 1 aliphatic heterocycles. The Morgan fingerprint density at radius 3 is 2.72 bits per heavy atom. The third-order valence-electron chi connectivity index (χ3n) is 4.05. The van der Waals surface area contributed by atoms with Crippen molar-refractivity contribution >= 4 is 11.8 Å². The van der Waals surface area contributed by atoms with Crippen molar-refractivity contribution in [3.05, 3.63) is 45.7 Å². The van der Waals surface area contributed by atoms with Gasteiger partial charge in [-0.2, -0.15) is 4.98 Å². The van der Waals surface area contributed by atoms with Gasteiger partial charge in [-0.05, 0) is 31.8 Å². The minimum atomic E-state index is 0.00525. The molecule has 6 nitrogen and oxygen atoms in total. The van der Waals surface area contributed by atoms with Crippen LogP contribution in [0.25, 0.3) is 0 Å². The Kier molecular flexibility index (Phi) is 5.65. The van der Waals surface area contributed by atoms with Crippen molar-refractivity contribution in [1.29, 1.82) is 0 Å². The fourth-order valence-corrected chi connectivity index (χ4v) is 3.57. The van der Waals surface area contributed by atoms with E-state index in [1.54, 1.807) is 23.4 Å². The van der Waals surface area contributed by atoms with E-state index in [0.29, 0.717) is 31.0 Å². The maximum absolute atomic E-state index is 12.9. The van der Waals surface area contributed by atoms with Crippen molar-refractivity contribution in [2.75, 3.05) is 40.1 Å². The number of aromatic nitrogens is 2. The van der Waals surface area contributed by atoms with E-state index in [0.717, 1.165) is 28.8 Å². The van der Waals surface area contributed by atoms with E-state index in [2.05, 4.69) is 4.98 Å². The van der Waals surface area contributed by atoms with Crippen LogP contribution in [0.15, 0.2) is 34.2 Å². The second-order valence-electron chi connectivity index (χ2n) is 6.16. The molecular weight excluding hydrogens is 338 g/mol. The van der Waals surface area contributed by atoms with Gasteiger partial charge in [-0.3, -0.25) is 9.36 Å². The fraction of sp³-hybridized carbons (Fsp3) is 0.444. The molecule has 7 heteroatoms. The van der Waals surface area contributed by atoms with Crippen molar-refractivity contribution in [1.82, 2.24) is 14.5 Å². The van der Waals surface area contributed by atoms with Crippen LogP contribution in [0.3, 0.4) is 0 Å². The Balaban J connectivity index is 1.90. The molecule has 2 aromatic rings. The average molecular weight is 361 g/mol. The molecule has 25 heavy (non-hydrogen) atoms. The summed E-state index contributed by atoms with van der Waals surface area (Å²) in [6, 6.07) is 7.73. The molecule has 0 radical (unpaired) electrons. The minimum Gasteiger partial charge on any atom is -0.497 e. The summed E-state index contributed by atoms with van der Waals surface area (Å²) in [4.78, 5) is 19.5. The highest BCUT2D eigenvalue weighted by Crippen LogP contribution is 2.26. The molecule has 3 rings (SSSR count). The molecule has 0 spiro atoms. The summed E-state index contributed by atoms with van der Waals surface area (Å²) in [5.74, 6) is 2.14. The first-order valence-corrected chi connectivity index (χ1v) is 9.24. The maximum Gasteiger partial charge on any atom is 0.261 e. The molecular formula is C18H23N3O3S. The Hall–Kier alpha value is -1.99. The van der Waals surface area contributed by atoms with Gasteiger partial charge in [-0.25, -0.2) is 0 Å². The summed E-state index contributed by atoms with van der Waals surface area (Å²) in [7, 11) is 5.62. The van der Waals surface area contributed by atoms with Crippen molar-refractivity contribution in [2.24, 2.45) is 0 Å². The number of fused-ring (bicyclic) bond motifs is 1. The molecule has 0 unspecified atom stereocenters. The van der Waals surface area contributed by atoms with Gasteiger partial charge in [0.2, 0.25) is 5.88 Å². The molecule has 134 valence electrons. The van der Waals surface area contributed by atoms with E-state index >= 15 is 0 Å². The third-order valence-corrected chi connectivity index (χ3v) is 5.01. The number of likely N-dealkylation sites (N-methyl/N-ethyl adjacent to an activating group) is 1. The lowest BCUT2D eigenvalue weighted by Crippen LogP contribution is -2.27. The number of benzene rings is 1. The molecule has 0 fully saturated rings. The highest BCUT2D eigenvalue weighted by molar-refractivity contribution is 7.99. The van der Waals surface area contributed by atoms with E-state index in [4.69, 9.17) is 9.47 Å². The van der Waals surface area contributed by atoms with Crippen LogP contribution >= 0.6 is 11.8 Å². The minimum absolute atomic E-state index is 0.00525. The lowest BCUT2D eigenvalue weighted by molar-refractivity contribution is 0.248. The summed E-state index contributed by atoms with van der Waals surface area (Å²) in [6.45, 7) is 1.98. The second kappa shape index (κ2) is 7.93. The van der Waals surface area contributed by atoms with Crippen LogP contribution in [0, 0.1) is 0 Å². The van der Waals surface area contributed by atoms with Crippen LogP contribution in [0.5, 0.6) is 11.6 Å². The van der Waals surface area contributed by atoms with Crippen LogP contribution < -0.4 is 15.0 Å². The highest BCUT2D eigenvalue weighted by Gasteiger charge is 2.22. The Bertz CT molecular complexity index is 787. The fourth-order valence-electron chi connectivity index (χ4n) is 2.63. The molecule has 1 aromatic carbocycles. The Morgan fingerprint density at radius 1 is 1.28 bits per heavy atom. The number of thioether (sulfide) groups is 1. The molecule has 0 saturated carbocycles. The highest BCUT2D eigenvalue weighted by atomic mass is 32.2. The van der Waals surface area contributed by atoms with Crippen LogP contribution in [0.1, 0.15) is 11.1 Å². The van der Waals surface area contributed by atoms with Gasteiger partial charge in [0.05, 0.1) is 12.7 Å². The van der Waals surface area contributed by atoms with Crippen molar-refractivity contribution in [2.45, 2.75) is 18.1 Å². The van der Waals surface area contributed by atoms with E-state index in [1.165, 1.54) is 0 Å². The Morgan fingerprint density at radius 2 is 2.04 bits per heavy atom. The SMILES string of the molecule is COc1ccc(Cc2c(OCCN(C)C)nc3n(c2=O)CCS3)cc1. The van der Waals surface area contributed by atoms with Crippen LogP contribution in [0.4, 0.5) is 0 Å². The molecule has 0 N–H and O–H groups in total. The van der Waals surface area contributed by atoms with Crippen molar-refractivity contribution in [3.8, 4) is 11.6 Å². The number of methoxy groups -OCH3 is 1. The zero-order chi connectivity index (χ0) is 17.8. The zero-order valence-corrected chi connectivity index (χ0v) is 15.6. The zero-order valence-electron chi connectivity index (χ0n) is 14.8.